The molecule has 2 aliphatic carbocycles. The van der Waals surface area contributed by atoms with Gasteiger partial charge in [0.25, 0.3) is 0 Å². The van der Waals surface area contributed by atoms with Crippen molar-refractivity contribution in [2.24, 2.45) is 0 Å². The van der Waals surface area contributed by atoms with Crippen LogP contribution in [0.3, 0.4) is 0 Å². The summed E-state index contributed by atoms with van der Waals surface area (Å²) in [6.45, 7) is 0. The first-order chi connectivity index (χ1) is 33.2. The number of thiophene rings is 1. The Kier molecular flexibility index (Phi) is 8.44. The number of hydrogen-bond donors (Lipinski definition) is 0. The minimum absolute atomic E-state index is 0.453. The second-order valence-corrected chi connectivity index (χ2v) is 19.0. The quantitative estimate of drug-likeness (QED) is 0.161. The summed E-state index contributed by atoms with van der Waals surface area (Å²) in [5.41, 5.74) is 20.7. The minimum Gasteiger partial charge on any atom is -0.310 e. The summed E-state index contributed by atoms with van der Waals surface area (Å²) in [5.74, 6) is 0. The van der Waals surface area contributed by atoms with Gasteiger partial charge in [-0.05, 0) is 131 Å². The molecule has 0 saturated carbocycles. The highest BCUT2D eigenvalue weighted by Gasteiger charge is 2.51. The van der Waals surface area contributed by atoms with E-state index >= 15 is 0 Å². The molecular weight excluding hydrogens is 827 g/mol. The average molecular weight is 868 g/mol. The number of hydrogen-bond acceptors (Lipinski definition) is 2. The molecule has 11 aromatic carbocycles. The molecule has 0 unspecified atom stereocenters. The maximum absolute atomic E-state index is 2.50. The number of rotatable bonds is 6. The molecule has 0 amide bonds. The van der Waals surface area contributed by atoms with Gasteiger partial charge in [-0.2, -0.15) is 0 Å². The zero-order valence-electron chi connectivity index (χ0n) is 36.5. The number of benzene rings is 11. The van der Waals surface area contributed by atoms with Crippen molar-refractivity contribution in [3.05, 3.63) is 271 Å². The number of anilines is 3. The maximum atomic E-state index is 2.50. The Hall–Kier alpha value is -8.30. The van der Waals surface area contributed by atoms with E-state index < -0.39 is 5.41 Å². The lowest BCUT2D eigenvalue weighted by Gasteiger charge is -2.32. The Morgan fingerprint density at radius 1 is 0.299 bits per heavy atom. The van der Waals surface area contributed by atoms with Gasteiger partial charge in [0.1, 0.15) is 0 Å². The molecule has 0 N–H and O–H groups in total. The molecule has 67 heavy (non-hydrogen) atoms. The molecule has 14 rings (SSSR count). The first-order valence-corrected chi connectivity index (χ1v) is 24.0. The molecular formula is C65H41NS. The van der Waals surface area contributed by atoms with Gasteiger partial charge in [0, 0.05) is 37.2 Å². The van der Waals surface area contributed by atoms with E-state index in [1.54, 1.807) is 0 Å². The molecule has 0 bridgehead atoms. The fraction of sp³-hybridized carbons (Fsp3) is 0.0154. The molecule has 2 heteroatoms. The van der Waals surface area contributed by atoms with Gasteiger partial charge >= 0.3 is 0 Å². The predicted octanol–water partition coefficient (Wildman–Crippen LogP) is 18.0. The van der Waals surface area contributed by atoms with E-state index in [0.717, 1.165) is 17.1 Å². The molecule has 1 nitrogen and oxygen atoms in total. The molecule has 0 radical (unpaired) electrons. The van der Waals surface area contributed by atoms with Gasteiger partial charge in [-0.1, -0.05) is 206 Å². The van der Waals surface area contributed by atoms with E-state index in [2.05, 4.69) is 254 Å². The topological polar surface area (TPSA) is 3.24 Å². The van der Waals surface area contributed by atoms with E-state index in [9.17, 15) is 0 Å². The highest BCUT2D eigenvalue weighted by molar-refractivity contribution is 7.26. The van der Waals surface area contributed by atoms with Gasteiger partial charge in [-0.25, -0.2) is 0 Å². The van der Waals surface area contributed by atoms with Crippen LogP contribution in [0.4, 0.5) is 17.1 Å². The summed E-state index contributed by atoms with van der Waals surface area (Å²) >= 11 is 1.88. The van der Waals surface area contributed by atoms with Gasteiger partial charge in [0.05, 0.1) is 5.41 Å². The molecule has 0 aliphatic heterocycles. The molecule has 0 atom stereocenters. The largest absolute Gasteiger partial charge is 0.310 e. The Bertz CT molecular complexity index is 3870. The van der Waals surface area contributed by atoms with Crippen molar-refractivity contribution < 1.29 is 0 Å². The lowest BCUT2D eigenvalue weighted by atomic mass is 9.70. The van der Waals surface area contributed by atoms with Crippen molar-refractivity contribution in [1.82, 2.24) is 0 Å². The monoisotopic (exact) mass is 867 g/mol. The molecule has 1 heterocycles. The molecule has 0 saturated heterocycles. The molecule has 2 aliphatic rings. The predicted molar refractivity (Wildman–Crippen MR) is 284 cm³/mol. The molecule has 12 aromatic rings. The van der Waals surface area contributed by atoms with E-state index in [1.807, 2.05) is 11.3 Å². The van der Waals surface area contributed by atoms with Crippen LogP contribution < -0.4 is 4.90 Å². The lowest BCUT2D eigenvalue weighted by molar-refractivity contribution is 0.793. The Labute approximate surface area is 394 Å². The van der Waals surface area contributed by atoms with E-state index in [1.165, 1.54) is 109 Å². The summed E-state index contributed by atoms with van der Waals surface area (Å²) in [6.07, 6.45) is 0. The number of fused-ring (bicyclic) bond motifs is 14. The Morgan fingerprint density at radius 3 is 1.58 bits per heavy atom. The summed E-state index contributed by atoms with van der Waals surface area (Å²) < 4.78 is 2.64. The number of nitrogens with zero attached hydrogens (tertiary/aromatic N) is 1. The van der Waals surface area contributed by atoms with Crippen molar-refractivity contribution in [1.29, 1.82) is 0 Å². The fourth-order valence-electron chi connectivity index (χ4n) is 11.7. The molecule has 312 valence electrons. The highest BCUT2D eigenvalue weighted by atomic mass is 32.1. The molecule has 1 aromatic heterocycles. The van der Waals surface area contributed by atoms with Crippen LogP contribution in [0.25, 0.3) is 86.6 Å². The van der Waals surface area contributed by atoms with E-state index in [0.29, 0.717) is 0 Å². The van der Waals surface area contributed by atoms with Crippen LogP contribution in [0.1, 0.15) is 22.3 Å². The smallest absolute Gasteiger partial charge is 0.0726 e. The van der Waals surface area contributed by atoms with Gasteiger partial charge in [0.15, 0.2) is 0 Å². The fourth-order valence-corrected chi connectivity index (χ4v) is 12.9. The van der Waals surface area contributed by atoms with Crippen LogP contribution in [0.2, 0.25) is 0 Å². The van der Waals surface area contributed by atoms with E-state index in [4.69, 9.17) is 0 Å². The first kappa shape index (κ1) is 38.0. The van der Waals surface area contributed by atoms with Gasteiger partial charge in [-0.15, -0.1) is 11.3 Å². The third kappa shape index (κ3) is 5.61. The van der Waals surface area contributed by atoms with Crippen molar-refractivity contribution >= 4 is 59.3 Å². The summed E-state index contributed by atoms with van der Waals surface area (Å²) in [5, 5.41) is 5.11. The SMILES string of the molecule is c1ccc(-c2c(-c3cccc(N(c4ccc(-c5cccc6c5sc5ccccc56)cc4)c4ccc5c(c4)C4(c6ccccc6-c6ccccc64)c4ccccc4-5)c3)ccc3ccccc23)cc1. The van der Waals surface area contributed by atoms with Crippen LogP contribution in [0, 0.1) is 0 Å². The second kappa shape index (κ2) is 14.9. The van der Waals surface area contributed by atoms with Crippen LogP contribution in [-0.2, 0) is 5.41 Å². The zero-order chi connectivity index (χ0) is 44.1. The van der Waals surface area contributed by atoms with Crippen LogP contribution >= 0.6 is 11.3 Å². The van der Waals surface area contributed by atoms with Crippen molar-refractivity contribution in [3.63, 3.8) is 0 Å². The Morgan fingerprint density at radius 2 is 0.836 bits per heavy atom. The maximum Gasteiger partial charge on any atom is 0.0726 e. The third-order valence-electron chi connectivity index (χ3n) is 14.5. The summed E-state index contributed by atoms with van der Waals surface area (Å²) in [4.78, 5) is 2.47. The highest BCUT2D eigenvalue weighted by Crippen LogP contribution is 2.63. The van der Waals surface area contributed by atoms with Crippen molar-refractivity contribution in [3.8, 4) is 55.6 Å². The van der Waals surface area contributed by atoms with Gasteiger partial charge < -0.3 is 4.90 Å². The summed E-state index contributed by atoms with van der Waals surface area (Å²) in [6, 6.07) is 92.6. The normalized spacial score (nSPS) is 12.9. The van der Waals surface area contributed by atoms with Crippen LogP contribution in [-0.4, -0.2) is 0 Å². The third-order valence-corrected chi connectivity index (χ3v) is 15.7. The lowest BCUT2D eigenvalue weighted by Crippen LogP contribution is -2.26. The molecule has 1 spiro atoms. The minimum atomic E-state index is -0.453. The van der Waals surface area contributed by atoms with Crippen molar-refractivity contribution in [2.75, 3.05) is 4.90 Å². The van der Waals surface area contributed by atoms with Crippen LogP contribution in [0.15, 0.2) is 249 Å². The standard InChI is InChI=1S/C65H41NS/c1-2-17-44(18-3-1)63-49-21-5-4-16-42(49)34-38-50(63)45-19-14-20-47(40-45)66(46-35-32-43(33-36-46)51-26-15-27-57-56-25-9-13-31-62(56)67-64(51)57)48-37-39-55-54-24-8-12-30-60(54)65(61(55)41-48)58-28-10-6-22-52(58)53-23-7-11-29-59(53)65/h1-41H. The average Bonchev–Trinajstić information content (AvgIpc) is 4.03. The Balaban J connectivity index is 0.986. The van der Waals surface area contributed by atoms with Gasteiger partial charge in [-0.3, -0.25) is 0 Å². The first-order valence-electron chi connectivity index (χ1n) is 23.2. The zero-order valence-corrected chi connectivity index (χ0v) is 37.3. The molecule has 0 fully saturated rings. The summed E-state index contributed by atoms with van der Waals surface area (Å²) in [7, 11) is 0. The van der Waals surface area contributed by atoms with Crippen molar-refractivity contribution in [2.45, 2.75) is 5.41 Å². The second-order valence-electron chi connectivity index (χ2n) is 17.9. The van der Waals surface area contributed by atoms with Crippen LogP contribution in [0.5, 0.6) is 0 Å². The van der Waals surface area contributed by atoms with E-state index in [-0.39, 0.29) is 0 Å². The van der Waals surface area contributed by atoms with Gasteiger partial charge in [0.2, 0.25) is 0 Å².